The fraction of sp³-hybridized carbons (Fsp3) is 0.471. The summed E-state index contributed by atoms with van der Waals surface area (Å²) in [6.45, 7) is 5.35. The number of aromatic nitrogens is 1. The molecule has 3 heterocycles. The lowest BCUT2D eigenvalue weighted by Gasteiger charge is -2.33. The van der Waals surface area contributed by atoms with Crippen molar-refractivity contribution in [1.29, 1.82) is 0 Å². The molecule has 2 aromatic rings. The number of hydrogen-bond acceptors (Lipinski definition) is 4. The molecule has 2 fully saturated rings. The first kappa shape index (κ1) is 13.9. The molecule has 0 aliphatic carbocycles. The first-order valence-electron chi connectivity index (χ1n) is 7.91. The molecule has 0 saturated carbocycles. The van der Waals surface area contributed by atoms with Crippen LogP contribution in [0.2, 0.25) is 0 Å². The summed E-state index contributed by atoms with van der Waals surface area (Å²) < 4.78 is 18.8. The van der Waals surface area contributed by atoms with E-state index in [4.69, 9.17) is 4.42 Å². The summed E-state index contributed by atoms with van der Waals surface area (Å²) in [5.41, 5.74) is 1.61. The van der Waals surface area contributed by atoms with Gasteiger partial charge in [-0.05, 0) is 56.1 Å². The van der Waals surface area contributed by atoms with Gasteiger partial charge in [0.1, 0.15) is 12.1 Å². The van der Waals surface area contributed by atoms with Crippen LogP contribution in [0.5, 0.6) is 0 Å². The second-order valence-electron chi connectivity index (χ2n) is 6.36. The number of rotatable bonds is 3. The zero-order valence-electron chi connectivity index (χ0n) is 12.5. The van der Waals surface area contributed by atoms with Gasteiger partial charge in [0.25, 0.3) is 0 Å². The molecule has 0 radical (unpaired) electrons. The highest BCUT2D eigenvalue weighted by molar-refractivity contribution is 5.52. The Hall–Kier alpha value is -1.72. The standard InChI is InChI=1S/C17H20FN3O/c18-15-3-1-2-12(6-15)17-20-16(11-22-17)10-21-5-4-13-7-19-8-14(13)9-21/h1-3,6,11,13-14,19H,4-5,7-10H2. The van der Waals surface area contributed by atoms with Gasteiger partial charge >= 0.3 is 0 Å². The van der Waals surface area contributed by atoms with Gasteiger partial charge in [0.2, 0.25) is 5.89 Å². The van der Waals surface area contributed by atoms with Crippen molar-refractivity contribution in [3.05, 3.63) is 42.0 Å². The number of benzene rings is 1. The van der Waals surface area contributed by atoms with Gasteiger partial charge in [-0.15, -0.1) is 0 Å². The zero-order valence-corrected chi connectivity index (χ0v) is 12.5. The molecule has 0 bridgehead atoms. The third-order valence-electron chi connectivity index (χ3n) is 4.80. The smallest absolute Gasteiger partial charge is 0.226 e. The first-order chi connectivity index (χ1) is 10.8. The Morgan fingerprint density at radius 3 is 3.14 bits per heavy atom. The Morgan fingerprint density at radius 1 is 1.32 bits per heavy atom. The first-order valence-corrected chi connectivity index (χ1v) is 7.91. The molecule has 2 aliphatic heterocycles. The molecular formula is C17H20FN3O. The van der Waals surface area contributed by atoms with Crippen LogP contribution in [-0.2, 0) is 6.54 Å². The van der Waals surface area contributed by atoms with Gasteiger partial charge in [0.05, 0.1) is 5.69 Å². The van der Waals surface area contributed by atoms with E-state index in [-0.39, 0.29) is 5.82 Å². The molecule has 2 atom stereocenters. The van der Waals surface area contributed by atoms with Crippen LogP contribution < -0.4 is 5.32 Å². The molecule has 2 unspecified atom stereocenters. The average molecular weight is 301 g/mol. The minimum atomic E-state index is -0.270. The highest BCUT2D eigenvalue weighted by Crippen LogP contribution is 2.27. The molecule has 5 heteroatoms. The molecule has 2 aliphatic rings. The van der Waals surface area contributed by atoms with E-state index in [0.29, 0.717) is 11.5 Å². The summed E-state index contributed by atoms with van der Waals surface area (Å²) in [6.07, 6.45) is 2.95. The molecule has 0 amide bonds. The Bertz CT molecular complexity index is 657. The Kier molecular flexibility index (Phi) is 3.68. The third kappa shape index (κ3) is 2.78. The average Bonchev–Trinajstić information content (AvgIpc) is 3.16. The van der Waals surface area contributed by atoms with Crippen LogP contribution in [0.4, 0.5) is 4.39 Å². The minimum absolute atomic E-state index is 0.270. The summed E-state index contributed by atoms with van der Waals surface area (Å²) in [5, 5.41) is 3.48. The monoisotopic (exact) mass is 301 g/mol. The van der Waals surface area contributed by atoms with Gasteiger partial charge in [-0.3, -0.25) is 4.90 Å². The maximum absolute atomic E-state index is 13.3. The largest absolute Gasteiger partial charge is 0.444 e. The van der Waals surface area contributed by atoms with Crippen LogP contribution in [-0.4, -0.2) is 36.1 Å². The molecule has 1 aromatic heterocycles. The van der Waals surface area contributed by atoms with Gasteiger partial charge in [0.15, 0.2) is 0 Å². The number of piperidine rings is 1. The second-order valence-corrected chi connectivity index (χ2v) is 6.36. The van der Waals surface area contributed by atoms with Crippen LogP contribution in [0.1, 0.15) is 12.1 Å². The minimum Gasteiger partial charge on any atom is -0.444 e. The molecule has 22 heavy (non-hydrogen) atoms. The van der Waals surface area contributed by atoms with Crippen molar-refractivity contribution < 1.29 is 8.81 Å². The Morgan fingerprint density at radius 2 is 2.23 bits per heavy atom. The number of oxazole rings is 1. The quantitative estimate of drug-likeness (QED) is 0.946. The van der Waals surface area contributed by atoms with E-state index in [1.165, 1.54) is 25.1 Å². The van der Waals surface area contributed by atoms with Crippen LogP contribution >= 0.6 is 0 Å². The molecule has 2 saturated heterocycles. The lowest BCUT2D eigenvalue weighted by molar-refractivity contribution is 0.141. The van der Waals surface area contributed by atoms with Gasteiger partial charge < -0.3 is 9.73 Å². The molecule has 4 rings (SSSR count). The Labute approximate surface area is 129 Å². The van der Waals surface area contributed by atoms with E-state index in [0.717, 1.165) is 43.7 Å². The van der Waals surface area contributed by atoms with E-state index in [9.17, 15) is 4.39 Å². The van der Waals surface area contributed by atoms with Crippen molar-refractivity contribution >= 4 is 0 Å². The topological polar surface area (TPSA) is 41.3 Å². The summed E-state index contributed by atoms with van der Waals surface area (Å²) in [5.74, 6) is 1.83. The van der Waals surface area contributed by atoms with Crippen LogP contribution in [0, 0.1) is 17.7 Å². The van der Waals surface area contributed by atoms with E-state index in [2.05, 4.69) is 15.2 Å². The summed E-state index contributed by atoms with van der Waals surface area (Å²) >= 11 is 0. The number of nitrogens with zero attached hydrogens (tertiary/aromatic N) is 2. The number of halogens is 1. The number of nitrogens with one attached hydrogen (secondary N) is 1. The van der Waals surface area contributed by atoms with E-state index >= 15 is 0 Å². The second kappa shape index (κ2) is 5.82. The van der Waals surface area contributed by atoms with E-state index in [1.807, 2.05) is 6.07 Å². The third-order valence-corrected chi connectivity index (χ3v) is 4.80. The fourth-order valence-electron chi connectivity index (χ4n) is 3.62. The van der Waals surface area contributed by atoms with Crippen LogP contribution in [0.15, 0.2) is 34.9 Å². The summed E-state index contributed by atoms with van der Waals surface area (Å²) in [6, 6.07) is 6.36. The van der Waals surface area contributed by atoms with Crippen molar-refractivity contribution in [3.8, 4) is 11.5 Å². The van der Waals surface area contributed by atoms with Gasteiger partial charge in [0, 0.05) is 18.7 Å². The fourth-order valence-corrected chi connectivity index (χ4v) is 3.62. The maximum Gasteiger partial charge on any atom is 0.226 e. The number of fused-ring (bicyclic) bond motifs is 1. The molecule has 1 aromatic carbocycles. The van der Waals surface area contributed by atoms with Crippen molar-refractivity contribution in [1.82, 2.24) is 15.2 Å². The van der Waals surface area contributed by atoms with Crippen LogP contribution in [0.3, 0.4) is 0 Å². The zero-order chi connectivity index (χ0) is 14.9. The Balaban J connectivity index is 1.44. The van der Waals surface area contributed by atoms with E-state index in [1.54, 1.807) is 12.3 Å². The number of hydrogen-bond donors (Lipinski definition) is 1. The van der Waals surface area contributed by atoms with E-state index < -0.39 is 0 Å². The number of likely N-dealkylation sites (tertiary alicyclic amines) is 1. The highest BCUT2D eigenvalue weighted by Gasteiger charge is 2.32. The van der Waals surface area contributed by atoms with Crippen LogP contribution in [0.25, 0.3) is 11.5 Å². The molecule has 1 N–H and O–H groups in total. The van der Waals surface area contributed by atoms with Crippen molar-refractivity contribution in [2.75, 3.05) is 26.2 Å². The molecule has 116 valence electrons. The normalized spacial score (nSPS) is 25.3. The van der Waals surface area contributed by atoms with Gasteiger partial charge in [-0.1, -0.05) is 6.07 Å². The van der Waals surface area contributed by atoms with Crippen molar-refractivity contribution in [2.24, 2.45) is 11.8 Å². The molecule has 4 nitrogen and oxygen atoms in total. The summed E-state index contributed by atoms with van der Waals surface area (Å²) in [4.78, 5) is 6.96. The molecular weight excluding hydrogens is 281 g/mol. The highest BCUT2D eigenvalue weighted by atomic mass is 19.1. The van der Waals surface area contributed by atoms with Crippen molar-refractivity contribution in [2.45, 2.75) is 13.0 Å². The van der Waals surface area contributed by atoms with Gasteiger partial charge in [-0.25, -0.2) is 9.37 Å². The van der Waals surface area contributed by atoms with Crippen molar-refractivity contribution in [3.63, 3.8) is 0 Å². The maximum atomic E-state index is 13.3. The lowest BCUT2D eigenvalue weighted by Crippen LogP contribution is -2.39. The predicted molar refractivity (Wildman–Crippen MR) is 81.6 cm³/mol. The lowest BCUT2D eigenvalue weighted by atomic mass is 9.89. The van der Waals surface area contributed by atoms with Gasteiger partial charge in [-0.2, -0.15) is 0 Å². The SMILES string of the molecule is Fc1cccc(-c2nc(CN3CCC4CNCC4C3)co2)c1. The molecule has 0 spiro atoms. The predicted octanol–water partition coefficient (Wildman–Crippen LogP) is 2.52. The summed E-state index contributed by atoms with van der Waals surface area (Å²) in [7, 11) is 0.